The lowest BCUT2D eigenvalue weighted by atomic mass is 9.96. The molecule has 1 saturated carbocycles. The molecule has 1 aromatic carbocycles. The molecule has 3 rings (SSSR count). The van der Waals surface area contributed by atoms with Crippen molar-refractivity contribution in [1.82, 2.24) is 10.3 Å². The molecule has 5 nitrogen and oxygen atoms in total. The summed E-state index contributed by atoms with van der Waals surface area (Å²) in [6, 6.07) is 13.6. The second kappa shape index (κ2) is 9.00. The zero-order valence-corrected chi connectivity index (χ0v) is 16.7. The molecule has 28 heavy (non-hydrogen) atoms. The van der Waals surface area contributed by atoms with E-state index in [0.29, 0.717) is 24.6 Å². The number of nitrogens with two attached hydrogens (primary N) is 1. The van der Waals surface area contributed by atoms with E-state index in [0.717, 1.165) is 30.5 Å². The highest BCUT2D eigenvalue weighted by atomic mass is 16.2. The molecule has 0 spiro atoms. The van der Waals surface area contributed by atoms with Crippen LogP contribution in [0.2, 0.25) is 0 Å². The number of ketones is 1. The molecule has 1 aliphatic rings. The molecule has 3 N–H and O–H groups in total. The van der Waals surface area contributed by atoms with E-state index >= 15 is 0 Å². The molecular weight excluding hydrogens is 350 g/mol. The Hall–Kier alpha value is -2.69. The van der Waals surface area contributed by atoms with Crippen LogP contribution in [0.5, 0.6) is 0 Å². The number of anilines is 1. The second-order valence-corrected chi connectivity index (χ2v) is 7.79. The Morgan fingerprint density at radius 3 is 2.64 bits per heavy atom. The van der Waals surface area contributed by atoms with Crippen LogP contribution in [0.1, 0.15) is 55.3 Å². The third-order valence-electron chi connectivity index (χ3n) is 5.77. The summed E-state index contributed by atoms with van der Waals surface area (Å²) in [6.07, 6.45) is 3.74. The van der Waals surface area contributed by atoms with Crippen molar-refractivity contribution in [2.75, 3.05) is 5.73 Å². The summed E-state index contributed by atoms with van der Waals surface area (Å²) in [7, 11) is 0. The molecule has 1 heterocycles. The number of pyridine rings is 1. The van der Waals surface area contributed by atoms with Crippen molar-refractivity contribution >= 4 is 17.5 Å². The maximum absolute atomic E-state index is 12.6. The lowest BCUT2D eigenvalue weighted by Crippen LogP contribution is -2.41. The molecule has 1 aliphatic carbocycles. The Morgan fingerprint density at radius 2 is 1.93 bits per heavy atom. The van der Waals surface area contributed by atoms with Crippen LogP contribution in [0, 0.1) is 12.8 Å². The lowest BCUT2D eigenvalue weighted by Gasteiger charge is -2.17. The van der Waals surface area contributed by atoms with Gasteiger partial charge in [0.05, 0.1) is 6.04 Å². The first-order valence-electron chi connectivity index (χ1n) is 10.0. The highest BCUT2D eigenvalue weighted by Gasteiger charge is 2.31. The molecule has 1 amide bonds. The number of aromatic nitrogens is 1. The molecule has 5 heteroatoms. The largest absolute Gasteiger partial charge is 0.384 e. The zero-order chi connectivity index (χ0) is 20.1. The molecule has 0 bridgehead atoms. The van der Waals surface area contributed by atoms with Gasteiger partial charge in [-0.15, -0.1) is 0 Å². The molecule has 3 atom stereocenters. The van der Waals surface area contributed by atoms with Crippen molar-refractivity contribution in [3.05, 3.63) is 59.3 Å². The highest BCUT2D eigenvalue weighted by Crippen LogP contribution is 2.38. The van der Waals surface area contributed by atoms with Crippen LogP contribution in [-0.2, 0) is 16.0 Å². The number of nitrogen functional groups attached to an aromatic ring is 1. The predicted octanol–water partition coefficient (Wildman–Crippen LogP) is 3.56. The van der Waals surface area contributed by atoms with Gasteiger partial charge in [-0.3, -0.25) is 9.59 Å². The molecule has 0 radical (unpaired) electrons. The van der Waals surface area contributed by atoms with Gasteiger partial charge in [-0.1, -0.05) is 36.4 Å². The summed E-state index contributed by atoms with van der Waals surface area (Å²) in [5.74, 6) is 0.957. The van der Waals surface area contributed by atoms with Gasteiger partial charge in [-0.2, -0.15) is 0 Å². The summed E-state index contributed by atoms with van der Waals surface area (Å²) in [5.41, 5.74) is 8.83. The maximum Gasteiger partial charge on any atom is 0.223 e. The van der Waals surface area contributed by atoms with Crippen LogP contribution in [0.3, 0.4) is 0 Å². The van der Waals surface area contributed by atoms with Crippen LogP contribution in [0.15, 0.2) is 42.5 Å². The van der Waals surface area contributed by atoms with E-state index in [9.17, 15) is 9.59 Å². The molecule has 1 fully saturated rings. The quantitative estimate of drug-likeness (QED) is 0.770. The van der Waals surface area contributed by atoms with Gasteiger partial charge in [-0.25, -0.2) is 4.98 Å². The number of Topliss-reactive ketones (excluding diaryl/α,β-unsaturated/α-hetero) is 1. The van der Waals surface area contributed by atoms with E-state index in [4.69, 9.17) is 5.73 Å². The van der Waals surface area contributed by atoms with Gasteiger partial charge < -0.3 is 11.1 Å². The maximum atomic E-state index is 12.6. The first-order chi connectivity index (χ1) is 13.4. The number of amides is 1. The molecule has 0 aliphatic heterocycles. The number of benzene rings is 1. The molecule has 2 aromatic rings. The number of nitrogens with zero attached hydrogens (tertiary/aromatic N) is 1. The van der Waals surface area contributed by atoms with Gasteiger partial charge in [-0.05, 0) is 62.6 Å². The molecule has 0 saturated heterocycles. The van der Waals surface area contributed by atoms with E-state index in [2.05, 4.69) is 22.4 Å². The van der Waals surface area contributed by atoms with Crippen molar-refractivity contribution < 1.29 is 9.59 Å². The van der Waals surface area contributed by atoms with Crippen LogP contribution >= 0.6 is 0 Å². The van der Waals surface area contributed by atoms with E-state index in [1.165, 1.54) is 5.56 Å². The van der Waals surface area contributed by atoms with Crippen molar-refractivity contribution in [2.24, 2.45) is 5.92 Å². The van der Waals surface area contributed by atoms with Crippen molar-refractivity contribution in [2.45, 2.75) is 57.9 Å². The van der Waals surface area contributed by atoms with E-state index in [1.807, 2.05) is 31.2 Å². The molecule has 0 unspecified atom stereocenters. The number of hydrogen-bond donors (Lipinski definition) is 2. The standard InChI is InChI=1S/C23H29N3O2/c1-15-17(11-13-22(24)25-15)10-12-21(27)16(2)26-23(28)20-9-8-19(14-20)18-6-4-3-5-7-18/h3-7,11,13,16,19-20H,8-10,12,14H2,1-2H3,(H2,24,25)(H,26,28)/t16-,19+,20+/m0/s1. The SMILES string of the molecule is Cc1nc(N)ccc1CCC(=O)[C@H](C)NC(=O)[C@@H]1CC[C@@H](c2ccccc2)C1. The third-order valence-corrected chi connectivity index (χ3v) is 5.77. The number of carbonyl (C=O) groups excluding carboxylic acids is 2. The van der Waals surface area contributed by atoms with Gasteiger partial charge in [0.1, 0.15) is 5.82 Å². The minimum absolute atomic E-state index is 0.00427. The molecule has 1 aromatic heterocycles. The fourth-order valence-electron chi connectivity index (χ4n) is 4.01. The van der Waals surface area contributed by atoms with Gasteiger partial charge in [0.15, 0.2) is 5.78 Å². The van der Waals surface area contributed by atoms with Crippen LogP contribution in [0.4, 0.5) is 5.82 Å². The highest BCUT2D eigenvalue weighted by molar-refractivity contribution is 5.89. The molecule has 148 valence electrons. The Morgan fingerprint density at radius 1 is 1.18 bits per heavy atom. The van der Waals surface area contributed by atoms with E-state index < -0.39 is 6.04 Å². The van der Waals surface area contributed by atoms with E-state index in [1.54, 1.807) is 13.0 Å². The smallest absolute Gasteiger partial charge is 0.223 e. The topological polar surface area (TPSA) is 85.1 Å². The third kappa shape index (κ3) is 4.97. The van der Waals surface area contributed by atoms with Gasteiger partial charge >= 0.3 is 0 Å². The van der Waals surface area contributed by atoms with Crippen LogP contribution in [-0.4, -0.2) is 22.7 Å². The summed E-state index contributed by atoms with van der Waals surface area (Å²) >= 11 is 0. The minimum Gasteiger partial charge on any atom is -0.384 e. The predicted molar refractivity (Wildman–Crippen MR) is 111 cm³/mol. The minimum atomic E-state index is -0.467. The first kappa shape index (κ1) is 20.1. The molecular formula is C23H29N3O2. The monoisotopic (exact) mass is 379 g/mol. The lowest BCUT2D eigenvalue weighted by molar-refractivity contribution is -0.129. The second-order valence-electron chi connectivity index (χ2n) is 7.79. The van der Waals surface area contributed by atoms with Gasteiger partial charge in [0, 0.05) is 18.0 Å². The van der Waals surface area contributed by atoms with E-state index in [-0.39, 0.29) is 17.6 Å². The Balaban J connectivity index is 1.48. The average Bonchev–Trinajstić information content (AvgIpc) is 3.18. The number of nitrogens with one attached hydrogen (secondary N) is 1. The number of carbonyl (C=O) groups is 2. The summed E-state index contributed by atoms with van der Waals surface area (Å²) in [6.45, 7) is 3.67. The number of hydrogen-bond acceptors (Lipinski definition) is 4. The number of aryl methyl sites for hydroxylation is 2. The van der Waals surface area contributed by atoms with Gasteiger partial charge in [0.25, 0.3) is 0 Å². The fourth-order valence-corrected chi connectivity index (χ4v) is 4.01. The summed E-state index contributed by atoms with van der Waals surface area (Å²) in [4.78, 5) is 29.3. The normalized spacial score (nSPS) is 19.9. The Bertz CT molecular complexity index is 835. The fraction of sp³-hybridized carbons (Fsp3) is 0.435. The van der Waals surface area contributed by atoms with Crippen molar-refractivity contribution in [3.63, 3.8) is 0 Å². The Labute approximate surface area is 166 Å². The first-order valence-corrected chi connectivity index (χ1v) is 10.0. The summed E-state index contributed by atoms with van der Waals surface area (Å²) in [5, 5.41) is 2.93. The van der Waals surface area contributed by atoms with Crippen molar-refractivity contribution in [3.8, 4) is 0 Å². The summed E-state index contributed by atoms with van der Waals surface area (Å²) < 4.78 is 0. The van der Waals surface area contributed by atoms with Crippen molar-refractivity contribution in [1.29, 1.82) is 0 Å². The van der Waals surface area contributed by atoms with Crippen LogP contribution < -0.4 is 11.1 Å². The van der Waals surface area contributed by atoms with Crippen LogP contribution in [0.25, 0.3) is 0 Å². The number of rotatable bonds is 7. The average molecular weight is 380 g/mol. The van der Waals surface area contributed by atoms with Gasteiger partial charge in [0.2, 0.25) is 5.91 Å². The zero-order valence-electron chi connectivity index (χ0n) is 16.7. The Kier molecular flexibility index (Phi) is 6.45.